The highest BCUT2D eigenvalue weighted by Gasteiger charge is 2.49. The van der Waals surface area contributed by atoms with Gasteiger partial charge in [0, 0.05) is 51.2 Å². The van der Waals surface area contributed by atoms with Gasteiger partial charge in [0.15, 0.2) is 0 Å². The molecule has 4 heterocycles. The number of carbonyl (C=O) groups is 1. The predicted octanol–water partition coefficient (Wildman–Crippen LogP) is 7.56. The quantitative estimate of drug-likeness (QED) is 0.154. The number of benzene rings is 3. The number of piperazine rings is 1. The number of aromatic nitrogens is 3. The van der Waals surface area contributed by atoms with Gasteiger partial charge in [-0.25, -0.2) is 13.6 Å². The van der Waals surface area contributed by atoms with Crippen molar-refractivity contribution in [2.45, 2.75) is 58.0 Å². The summed E-state index contributed by atoms with van der Waals surface area (Å²) in [6, 6.07) is 28.8. The molecule has 0 radical (unpaired) electrons. The molecular formula is C41H46F2N6O4. The molecule has 2 fully saturated rings. The van der Waals surface area contributed by atoms with Crippen LogP contribution in [0.5, 0.6) is 11.8 Å². The van der Waals surface area contributed by atoms with Crippen LogP contribution in [0.25, 0.3) is 22.2 Å². The highest BCUT2D eigenvalue weighted by Crippen LogP contribution is 2.39. The topological polar surface area (TPSA) is 85.2 Å². The van der Waals surface area contributed by atoms with Gasteiger partial charge >= 0.3 is 6.09 Å². The van der Waals surface area contributed by atoms with Crippen LogP contribution in [0.1, 0.15) is 38.3 Å². The fraction of sp³-hybridized carbons (Fsp3) is 0.390. The molecular weight excluding hydrogens is 678 g/mol. The number of hydrogen-bond donors (Lipinski definition) is 0. The van der Waals surface area contributed by atoms with Gasteiger partial charge in [0.05, 0.1) is 29.4 Å². The summed E-state index contributed by atoms with van der Waals surface area (Å²) >= 11 is 0. The Bertz CT molecular complexity index is 2030. The van der Waals surface area contributed by atoms with E-state index in [0.717, 1.165) is 43.9 Å². The van der Waals surface area contributed by atoms with Crippen molar-refractivity contribution in [3.63, 3.8) is 0 Å². The number of hydrogen-bond acceptors (Lipinski definition) is 8. The molecule has 12 heteroatoms. The number of carbonyl (C=O) groups excluding carboxylic acids is 1. The first-order valence-corrected chi connectivity index (χ1v) is 18.1. The van der Waals surface area contributed by atoms with Crippen molar-refractivity contribution in [1.82, 2.24) is 24.6 Å². The Morgan fingerprint density at radius 3 is 2.13 bits per heavy atom. The minimum atomic E-state index is -3.05. The van der Waals surface area contributed by atoms with Crippen molar-refractivity contribution in [2.75, 3.05) is 44.2 Å². The van der Waals surface area contributed by atoms with Crippen LogP contribution in [-0.2, 0) is 25.0 Å². The molecule has 2 aliphatic rings. The van der Waals surface area contributed by atoms with Gasteiger partial charge in [0.1, 0.15) is 24.5 Å². The summed E-state index contributed by atoms with van der Waals surface area (Å²) in [5, 5.41) is 5.91. The molecule has 0 bridgehead atoms. The Hall–Kier alpha value is -5.23. The van der Waals surface area contributed by atoms with Crippen LogP contribution in [0.3, 0.4) is 0 Å². The second-order valence-corrected chi connectivity index (χ2v) is 14.7. The zero-order valence-corrected chi connectivity index (χ0v) is 30.7. The van der Waals surface area contributed by atoms with E-state index in [9.17, 15) is 4.79 Å². The third-order valence-corrected chi connectivity index (χ3v) is 9.69. The zero-order valence-electron chi connectivity index (χ0n) is 30.7. The van der Waals surface area contributed by atoms with Gasteiger partial charge in [0.2, 0.25) is 11.8 Å². The molecule has 7 rings (SSSR count). The third-order valence-electron chi connectivity index (χ3n) is 9.69. The second-order valence-electron chi connectivity index (χ2n) is 14.7. The van der Waals surface area contributed by atoms with E-state index in [1.54, 1.807) is 20.8 Å². The Balaban J connectivity index is 1.10. The van der Waals surface area contributed by atoms with E-state index in [2.05, 4.69) is 11.0 Å². The maximum Gasteiger partial charge on any atom is 0.410 e. The number of para-hydroxylation sites is 1. The number of piperidine rings is 1. The van der Waals surface area contributed by atoms with E-state index < -0.39 is 30.2 Å². The lowest BCUT2D eigenvalue weighted by atomic mass is 9.98. The lowest BCUT2D eigenvalue weighted by Gasteiger charge is -2.46. The molecule has 1 atom stereocenters. The van der Waals surface area contributed by atoms with Crippen LogP contribution in [0.15, 0.2) is 91.0 Å². The van der Waals surface area contributed by atoms with Crippen molar-refractivity contribution < 1.29 is 27.8 Å². The highest BCUT2D eigenvalue weighted by atomic mass is 19.3. The van der Waals surface area contributed by atoms with E-state index in [-0.39, 0.29) is 13.0 Å². The number of amides is 1. The number of nitrogens with zero attached hydrogens (tertiary/aromatic N) is 6. The molecule has 53 heavy (non-hydrogen) atoms. The largest absolute Gasteiger partial charge is 0.473 e. The first-order valence-electron chi connectivity index (χ1n) is 18.1. The van der Waals surface area contributed by atoms with Crippen LogP contribution < -0.4 is 14.4 Å². The van der Waals surface area contributed by atoms with Crippen molar-refractivity contribution in [1.29, 1.82) is 0 Å². The maximum atomic E-state index is 15.5. The predicted molar refractivity (Wildman–Crippen MR) is 200 cm³/mol. The lowest BCUT2D eigenvalue weighted by Crippen LogP contribution is -2.62. The third kappa shape index (κ3) is 8.22. The Morgan fingerprint density at radius 2 is 1.49 bits per heavy atom. The molecule has 0 aliphatic carbocycles. The first-order chi connectivity index (χ1) is 25.4. The summed E-state index contributed by atoms with van der Waals surface area (Å²) in [5.74, 6) is -2.19. The Morgan fingerprint density at radius 1 is 0.830 bits per heavy atom. The van der Waals surface area contributed by atoms with Gasteiger partial charge in [-0.15, -0.1) is 0 Å². The summed E-state index contributed by atoms with van der Waals surface area (Å²) in [7, 11) is 1.92. The Kier molecular flexibility index (Phi) is 10.2. The number of alkyl halides is 2. The van der Waals surface area contributed by atoms with Gasteiger partial charge in [-0.05, 0) is 50.5 Å². The van der Waals surface area contributed by atoms with Crippen molar-refractivity contribution >= 4 is 22.7 Å². The molecule has 0 spiro atoms. The second kappa shape index (κ2) is 15.0. The van der Waals surface area contributed by atoms with E-state index in [0.29, 0.717) is 51.2 Å². The van der Waals surface area contributed by atoms with Gasteiger partial charge in [0.25, 0.3) is 5.92 Å². The van der Waals surface area contributed by atoms with Gasteiger partial charge in [-0.2, -0.15) is 10.1 Å². The average molecular weight is 725 g/mol. The van der Waals surface area contributed by atoms with Gasteiger partial charge in [-0.3, -0.25) is 9.58 Å². The van der Waals surface area contributed by atoms with Crippen molar-refractivity contribution in [3.05, 3.63) is 102 Å². The van der Waals surface area contributed by atoms with E-state index in [4.69, 9.17) is 24.3 Å². The zero-order chi connectivity index (χ0) is 37.2. The highest BCUT2D eigenvalue weighted by molar-refractivity contribution is 6.01. The van der Waals surface area contributed by atoms with E-state index in [1.165, 1.54) is 0 Å². The number of fused-ring (bicyclic) bond motifs is 1. The number of pyridine rings is 1. The normalized spacial score (nSPS) is 17.9. The minimum absolute atomic E-state index is 0.186. The summed E-state index contributed by atoms with van der Waals surface area (Å²) in [6.07, 6.45) is -0.506. The first kappa shape index (κ1) is 36.1. The number of rotatable bonds is 9. The van der Waals surface area contributed by atoms with Gasteiger partial charge in [-0.1, -0.05) is 72.8 Å². The summed E-state index contributed by atoms with van der Waals surface area (Å²) in [4.78, 5) is 22.6. The van der Waals surface area contributed by atoms with E-state index in [1.807, 2.05) is 102 Å². The maximum absolute atomic E-state index is 15.5. The molecule has 2 aliphatic heterocycles. The SMILES string of the molecule is Cn1nc(-c2ccc(OCc3ccccc3)nc2OCc2ccccc2)c2cccc(N3CCN(C4CCN(C(=O)OC(C)(C)C)CC4(F)F)CC3)c21. The van der Waals surface area contributed by atoms with E-state index >= 15 is 8.78 Å². The molecule has 5 aromatic rings. The number of anilines is 1. The molecule has 0 saturated carbocycles. The summed E-state index contributed by atoms with van der Waals surface area (Å²) < 4.78 is 50.7. The molecule has 2 aromatic heterocycles. The standard InChI is InChI=1S/C41H46F2N6O4/c1-40(2,3)53-39(50)49-21-20-34(41(42,43)28-49)48-24-22-47(23-25-48)33-17-11-16-31-36(45-46(4)37(31)33)32-18-19-35(51-26-29-12-7-5-8-13-29)44-38(32)52-27-30-14-9-6-10-15-30/h5-19,34H,20-28H2,1-4H3. The number of aryl methyl sites for hydroxylation is 1. The average Bonchev–Trinajstić information content (AvgIpc) is 3.49. The molecule has 278 valence electrons. The van der Waals surface area contributed by atoms with Gasteiger partial charge < -0.3 is 24.0 Å². The van der Waals surface area contributed by atoms with Crippen LogP contribution in [-0.4, -0.2) is 87.5 Å². The summed E-state index contributed by atoms with van der Waals surface area (Å²) in [5.41, 5.74) is 4.68. The Labute approximate surface area is 308 Å². The minimum Gasteiger partial charge on any atom is -0.473 e. The fourth-order valence-electron chi connectivity index (χ4n) is 7.16. The van der Waals surface area contributed by atoms with Crippen LogP contribution in [0, 0.1) is 0 Å². The van der Waals surface area contributed by atoms with Crippen LogP contribution in [0.4, 0.5) is 19.3 Å². The molecule has 0 N–H and O–H groups in total. The number of halogens is 2. The van der Waals surface area contributed by atoms with Crippen LogP contribution in [0.2, 0.25) is 0 Å². The molecule has 10 nitrogen and oxygen atoms in total. The smallest absolute Gasteiger partial charge is 0.410 e. The van der Waals surface area contributed by atoms with Crippen LogP contribution >= 0.6 is 0 Å². The van der Waals surface area contributed by atoms with Crippen molar-refractivity contribution in [3.8, 4) is 23.0 Å². The fourth-order valence-corrected chi connectivity index (χ4v) is 7.16. The lowest BCUT2D eigenvalue weighted by molar-refractivity contribution is -0.126. The molecule has 2 saturated heterocycles. The molecule has 1 unspecified atom stereocenters. The monoisotopic (exact) mass is 724 g/mol. The summed E-state index contributed by atoms with van der Waals surface area (Å²) in [6.45, 7) is 7.58. The number of likely N-dealkylation sites (tertiary alicyclic amines) is 1. The molecule has 1 amide bonds. The molecule has 3 aromatic carbocycles. The van der Waals surface area contributed by atoms with Crippen molar-refractivity contribution in [2.24, 2.45) is 7.05 Å². The number of ether oxygens (including phenoxy) is 3.